The third-order valence-corrected chi connectivity index (χ3v) is 169. The van der Waals surface area contributed by atoms with E-state index in [0.717, 1.165) is 110 Å². The quantitative estimate of drug-likeness (QED) is 0.131. The number of hydrogen-bond acceptors (Lipinski definition) is 12. The second-order valence-corrected chi connectivity index (χ2v) is 148. The molecule has 4 aliphatic rings. The van der Waals surface area contributed by atoms with E-state index in [1.54, 1.807) is 119 Å². The van der Waals surface area contributed by atoms with Crippen LogP contribution in [0.15, 0.2) is 115 Å². The van der Waals surface area contributed by atoms with E-state index in [-0.39, 0.29) is 0 Å². The van der Waals surface area contributed by atoms with E-state index in [2.05, 4.69) is 145 Å². The molecule has 0 radical (unpaired) electrons. The van der Waals surface area contributed by atoms with Gasteiger partial charge in [-0.2, -0.15) is 0 Å². The molecule has 2 fully saturated rings. The summed E-state index contributed by atoms with van der Waals surface area (Å²) in [7, 11) is 135. The molecule has 12 rings (SSSR count). The molecule has 0 spiro atoms. The van der Waals surface area contributed by atoms with E-state index >= 15 is 0 Å². The number of hydrogen-bond donors (Lipinski definition) is 1. The molecule has 8 aromatic rings. The van der Waals surface area contributed by atoms with Gasteiger partial charge in [0.05, 0.1) is 60.4 Å². The van der Waals surface area contributed by atoms with Gasteiger partial charge in [0.15, 0.2) is 23.0 Å². The zero-order chi connectivity index (χ0) is 99.1. The summed E-state index contributed by atoms with van der Waals surface area (Å²) in [6, 6.07) is 29.3. The van der Waals surface area contributed by atoms with Gasteiger partial charge in [0.2, 0.25) is 0 Å². The molecular formula is C52H53BrN16S72. The van der Waals surface area contributed by atoms with Crippen LogP contribution in [-0.2, 0) is 657 Å². The minimum Gasteiger partial charge on any atom is -0.356 e. The van der Waals surface area contributed by atoms with Gasteiger partial charge in [-0.25, -0.2) is 19.7 Å². The van der Waals surface area contributed by atoms with Crippen LogP contribution in [0.25, 0.3) is 66.4 Å². The Morgan fingerprint density at radius 3 is 0.837 bits per heavy atom. The predicted octanol–water partition coefficient (Wildman–Crippen LogP) is 8.84. The average molecular weight is 3290 g/mol. The third-order valence-electron chi connectivity index (χ3n) is 15.5. The molecule has 0 amide bonds. The zero-order valence-electron chi connectivity index (χ0n) is 68.6. The van der Waals surface area contributed by atoms with Crippen molar-refractivity contribution in [2.45, 2.75) is 50.9 Å². The Labute approximate surface area is 1030 Å². The number of anilines is 1. The Kier molecular flexibility index (Phi) is 84.0. The van der Waals surface area contributed by atoms with Crippen LogP contribution in [-0.4, -0.2) is 125 Å². The largest absolute Gasteiger partial charge is 0.356 e. The summed E-state index contributed by atoms with van der Waals surface area (Å²) in [5.41, 5.74) is 11.5. The van der Waals surface area contributed by atoms with Crippen molar-refractivity contribution in [3.63, 3.8) is 0 Å². The van der Waals surface area contributed by atoms with Crippen molar-refractivity contribution in [2.24, 2.45) is 0 Å². The molecule has 141 heavy (non-hydrogen) atoms. The van der Waals surface area contributed by atoms with Crippen molar-refractivity contribution in [3.05, 3.63) is 149 Å². The Bertz CT molecular complexity index is 9410. The molecule has 0 aliphatic carbocycles. The zero-order valence-corrected chi connectivity index (χ0v) is 129. The molecule has 2 saturated heterocycles. The number of pyridine rings is 2. The van der Waals surface area contributed by atoms with E-state index in [1.807, 2.05) is 567 Å². The lowest BCUT2D eigenvalue weighted by atomic mass is 10.0. The molecule has 0 bridgehead atoms. The van der Waals surface area contributed by atoms with Crippen LogP contribution in [0.3, 0.4) is 0 Å². The fourth-order valence-electron chi connectivity index (χ4n) is 10.4. The van der Waals surface area contributed by atoms with Gasteiger partial charge in [-0.15, -0.1) is 20.4 Å². The maximum Gasteiger partial charge on any atom is 0.187 e. The summed E-state index contributed by atoms with van der Waals surface area (Å²) in [6.45, 7) is 20.0. The maximum atomic E-state index is 7.19. The molecule has 16 nitrogen and oxygen atoms in total. The van der Waals surface area contributed by atoms with E-state index in [9.17, 15) is 0 Å². The van der Waals surface area contributed by atoms with E-state index in [0.29, 0.717) is 30.5 Å². The second-order valence-electron chi connectivity index (χ2n) is 23.0. The molecule has 0 atom stereocenters. The highest BCUT2D eigenvalue weighted by molar-refractivity contribution is 9.10. The van der Waals surface area contributed by atoms with Crippen molar-refractivity contribution in [1.29, 1.82) is 0 Å². The van der Waals surface area contributed by atoms with Crippen LogP contribution < -0.4 is 10.2 Å². The number of benzene rings is 2. The topological polar surface area (TPSA) is 128 Å². The van der Waals surface area contributed by atoms with Gasteiger partial charge >= 0.3 is 0 Å². The van der Waals surface area contributed by atoms with E-state index in [4.69, 9.17) is 40.5 Å². The molecule has 0 unspecified atom stereocenters. The lowest BCUT2D eigenvalue weighted by Gasteiger charge is -2.36. The van der Waals surface area contributed by atoms with Gasteiger partial charge in [0.1, 0.15) is 23.1 Å². The molecular weight excluding hydrogens is 3240 g/mol. The number of piperidine rings is 2. The summed E-state index contributed by atoms with van der Waals surface area (Å²) < 4.78 is 9.16. The van der Waals surface area contributed by atoms with Crippen molar-refractivity contribution in [3.8, 4) is 56.7 Å². The Hall–Kier alpha value is 8.56. The Balaban J connectivity index is 0.000000257. The second kappa shape index (κ2) is 89.1. The lowest BCUT2D eigenvalue weighted by Crippen LogP contribution is -2.42. The van der Waals surface area contributed by atoms with Crippen LogP contribution in [0.5, 0.6) is 0 Å². The minimum absolute atomic E-state index is 0.636. The highest BCUT2D eigenvalue weighted by Crippen LogP contribution is 2.37. The summed E-state index contributed by atoms with van der Waals surface area (Å²) in [5, 5.41) is 20.4. The standard InChI is InChI=1S/C26H26N8.C19H11BrN6.C7H16N2.S72/c1-27-20-6-4-18(5-7-20)19-14-24-26-30-28-17-34(26)23-8-9-25(29-22(23)16-33(24)15-19)32-12-10-21(11-13-32)31(2)3;1-21-14-4-2-12(3-5-14)13-8-17-19-24-22-11-26(19)16-6-7-18(20)23-15(16)10-25(17)9-13;1-9(2)7-3-5-8-6-4-7;1-3-5-7-9-11-13-15-17-19-21-23-25-27-29-31-33-35-37-39-41-43-45-47-49-51-53-55-57-59-61-63-65-67-69-71-72-70-68-66-64-62-60-58-56-54-52-50-48-46-44-42-40-38-36-34-32-30-28-26-24-22-20-18-16-14-12-10-8-6-4-2/h4-9,14-15,17,21H,10-13,16H2,2-3H3;2-9,11H,10H2;7-8H,3-6H2,1-2H3;. The van der Waals surface area contributed by atoms with Crippen LogP contribution in [0, 0.1) is 13.1 Å². The van der Waals surface area contributed by atoms with Crippen LogP contribution in [0.2, 0.25) is 0 Å². The van der Waals surface area contributed by atoms with E-state index in [1.165, 1.54) is 43.7 Å². The lowest BCUT2D eigenvalue weighted by molar-refractivity contribution is 0.238. The normalized spacial score (nSPS) is 11.4. The average Bonchev–Trinajstić information content (AvgIpc) is 1.61. The van der Waals surface area contributed by atoms with Crippen molar-refractivity contribution < 1.29 is 0 Å². The first kappa shape index (κ1) is 133. The van der Waals surface area contributed by atoms with Crippen LogP contribution >= 0.6 is 15.9 Å². The number of aromatic nitrogens is 10. The van der Waals surface area contributed by atoms with Crippen molar-refractivity contribution in [2.75, 3.05) is 59.3 Å². The van der Waals surface area contributed by atoms with Crippen LogP contribution in [0.1, 0.15) is 37.1 Å². The molecule has 6 aromatic heterocycles. The molecule has 10 heterocycles. The van der Waals surface area contributed by atoms with Gasteiger partial charge in [-0.1, -0.05) is 48.5 Å². The first-order chi connectivity index (χ1) is 69.5. The fraction of sp³-hybridized carbons (Fsp3) is 0.308. The summed E-state index contributed by atoms with van der Waals surface area (Å²) in [5.74, 6) is 2.64. The van der Waals surface area contributed by atoms with Gasteiger partial charge in [-0.05, 0) is 130 Å². The number of fused-ring (bicyclic) bond motifs is 10. The smallest absolute Gasteiger partial charge is 0.187 e. The number of rotatable bonds is 5. The molecule has 4 aliphatic heterocycles. The van der Waals surface area contributed by atoms with Crippen molar-refractivity contribution in [1.82, 2.24) is 63.7 Å². The van der Waals surface area contributed by atoms with Crippen molar-refractivity contribution >= 4 is 677 Å². The Morgan fingerprint density at radius 1 is 0.326 bits per heavy atom. The number of nitrogens with zero attached hydrogens (tertiary/aromatic N) is 15. The highest BCUT2D eigenvalue weighted by atomic mass is 79.9. The number of halogens is 1. The third kappa shape index (κ3) is 58.5. The van der Waals surface area contributed by atoms with Gasteiger partial charge in [0.25, 0.3) is 0 Å². The predicted molar refractivity (Wildman–Crippen MR) is 803 cm³/mol. The van der Waals surface area contributed by atoms with Gasteiger partial charge in [-0.3, -0.25) is 9.13 Å². The number of nitrogens with one attached hydrogen (secondary N) is 1. The Morgan fingerprint density at radius 2 is 0.582 bits per heavy atom. The summed E-state index contributed by atoms with van der Waals surface area (Å²) >= 11 is 13.1. The first-order valence-electron chi connectivity index (χ1n) is 35.1. The monoisotopic (exact) mass is 3280 g/mol. The van der Waals surface area contributed by atoms with E-state index < -0.39 is 0 Å². The molecule has 780 valence electrons. The summed E-state index contributed by atoms with van der Waals surface area (Å²) in [6.07, 6.45) is 12.7. The van der Waals surface area contributed by atoms with Crippen LogP contribution in [0.4, 0.5) is 17.2 Å². The molecule has 1 N–H and O–H groups in total. The first-order valence-corrected chi connectivity index (χ1v) is 131. The summed E-state index contributed by atoms with van der Waals surface area (Å²) in [4.78, 5) is 23.8. The minimum atomic E-state index is 0.636. The van der Waals surface area contributed by atoms with Gasteiger partial charge in [0, 0.05) is 693 Å². The molecule has 89 heteroatoms. The fourth-order valence-corrected chi connectivity index (χ4v) is 197. The van der Waals surface area contributed by atoms with Gasteiger partial charge < -0.3 is 29.2 Å². The maximum absolute atomic E-state index is 7.19. The SMILES string of the molecule is CN(C)C1CCNCC1.S=S=S=S=S=S=S=S=S=S=S=S=S=S=S=S=S=S=S=S=S=S=S=S=S=S=S=S=S=S=S=S=S=S=S=S=S=S=S=S=S=S=S=S=S=S=S=S=S=S=S=S=S=S=S=S=S=S=S=S=S=S=S=S=S=S=S=S=S=S=S=S.[C-]#[N+]c1ccc(-c2cc3n(c2)Cc2nc(Br)ccc2-n2cnnc2-3)cc1.[C-]#[N+]c1ccc(-c2cc3n(c2)Cc2nc(N4CCC(N(C)C)CC4)ccc2-n2cnnc2-3)cc1. The highest BCUT2D eigenvalue weighted by Gasteiger charge is 2.27. The molecule has 0 saturated carbocycles. The molecule has 2 aromatic carbocycles.